The molecule has 1 heterocycles. The Balaban J connectivity index is 2.58. The van der Waals surface area contributed by atoms with Crippen LogP contribution in [0.3, 0.4) is 0 Å². The SMILES string of the molecule is COC(=O)CNC(=O)c1cc(Cl)ccn1. The van der Waals surface area contributed by atoms with Crippen molar-refractivity contribution < 1.29 is 14.3 Å². The first kappa shape index (κ1) is 11.5. The molecule has 0 fully saturated rings. The van der Waals surface area contributed by atoms with Crippen molar-refractivity contribution in [2.75, 3.05) is 13.7 Å². The first-order valence-corrected chi connectivity index (χ1v) is 4.48. The van der Waals surface area contributed by atoms with E-state index in [9.17, 15) is 9.59 Å². The zero-order chi connectivity index (χ0) is 11.3. The number of rotatable bonds is 3. The standard InChI is InChI=1S/C9H9ClN2O3/c1-15-8(13)5-12-9(14)7-4-6(10)2-3-11-7/h2-4H,5H2,1H3,(H,12,14). The van der Waals surface area contributed by atoms with E-state index in [0.29, 0.717) is 5.02 Å². The summed E-state index contributed by atoms with van der Waals surface area (Å²) in [5, 5.41) is 2.75. The molecule has 1 aromatic rings. The first-order chi connectivity index (χ1) is 7.13. The second-order valence-electron chi connectivity index (χ2n) is 2.62. The fraction of sp³-hybridized carbons (Fsp3) is 0.222. The molecular weight excluding hydrogens is 220 g/mol. The lowest BCUT2D eigenvalue weighted by molar-refractivity contribution is -0.139. The van der Waals surface area contributed by atoms with Gasteiger partial charge in [-0.15, -0.1) is 0 Å². The average molecular weight is 229 g/mol. The zero-order valence-corrected chi connectivity index (χ0v) is 8.75. The number of hydrogen-bond donors (Lipinski definition) is 1. The van der Waals surface area contributed by atoms with Gasteiger partial charge in [-0.05, 0) is 12.1 Å². The second kappa shape index (κ2) is 5.31. The molecule has 1 N–H and O–H groups in total. The van der Waals surface area contributed by atoms with E-state index in [-0.39, 0.29) is 12.2 Å². The summed E-state index contributed by atoms with van der Waals surface area (Å²) in [5.41, 5.74) is 0.159. The molecule has 0 atom stereocenters. The van der Waals surface area contributed by atoms with Crippen molar-refractivity contribution in [3.8, 4) is 0 Å². The highest BCUT2D eigenvalue weighted by Gasteiger charge is 2.09. The lowest BCUT2D eigenvalue weighted by Crippen LogP contribution is -2.30. The minimum atomic E-state index is -0.523. The third kappa shape index (κ3) is 3.55. The van der Waals surface area contributed by atoms with E-state index in [4.69, 9.17) is 11.6 Å². The maximum atomic E-state index is 11.4. The van der Waals surface area contributed by atoms with Gasteiger partial charge in [-0.3, -0.25) is 14.6 Å². The Labute approximate surface area is 91.4 Å². The number of carbonyl (C=O) groups excluding carboxylic acids is 2. The molecule has 0 saturated heterocycles. The molecule has 0 radical (unpaired) electrons. The normalized spacial score (nSPS) is 9.47. The molecule has 0 spiro atoms. The van der Waals surface area contributed by atoms with Crippen molar-refractivity contribution in [2.45, 2.75) is 0 Å². The van der Waals surface area contributed by atoms with Gasteiger partial charge in [0.05, 0.1) is 7.11 Å². The van der Waals surface area contributed by atoms with Crippen LogP contribution in [0.4, 0.5) is 0 Å². The van der Waals surface area contributed by atoms with Crippen molar-refractivity contribution in [3.05, 3.63) is 29.0 Å². The summed E-state index contributed by atoms with van der Waals surface area (Å²) in [6.07, 6.45) is 1.41. The van der Waals surface area contributed by atoms with Crippen LogP contribution in [0, 0.1) is 0 Å². The molecule has 15 heavy (non-hydrogen) atoms. The van der Waals surface area contributed by atoms with E-state index >= 15 is 0 Å². The van der Waals surface area contributed by atoms with Crippen molar-refractivity contribution in [1.82, 2.24) is 10.3 Å². The number of halogens is 1. The number of aromatic nitrogens is 1. The number of amides is 1. The number of nitrogens with zero attached hydrogens (tertiary/aromatic N) is 1. The van der Waals surface area contributed by atoms with Crippen LogP contribution in [0.25, 0.3) is 0 Å². The molecule has 1 rings (SSSR count). The molecule has 0 aliphatic heterocycles. The summed E-state index contributed by atoms with van der Waals surface area (Å²) >= 11 is 5.67. The van der Waals surface area contributed by atoms with E-state index in [0.717, 1.165) is 0 Å². The third-order valence-corrected chi connectivity index (χ3v) is 1.81. The maximum Gasteiger partial charge on any atom is 0.325 e. The number of methoxy groups -OCH3 is 1. The zero-order valence-electron chi connectivity index (χ0n) is 7.99. The highest BCUT2D eigenvalue weighted by atomic mass is 35.5. The van der Waals surface area contributed by atoms with Gasteiger partial charge in [-0.1, -0.05) is 11.6 Å². The highest BCUT2D eigenvalue weighted by Crippen LogP contribution is 2.07. The predicted molar refractivity (Wildman–Crippen MR) is 53.6 cm³/mol. The number of pyridine rings is 1. The molecule has 0 bridgehead atoms. The molecule has 5 nitrogen and oxygen atoms in total. The van der Waals surface area contributed by atoms with E-state index in [1.165, 1.54) is 19.4 Å². The number of esters is 1. The van der Waals surface area contributed by atoms with Crippen LogP contribution in [0.5, 0.6) is 0 Å². The molecule has 1 aromatic heterocycles. The number of nitrogens with one attached hydrogen (secondary N) is 1. The Morgan fingerprint density at radius 2 is 2.33 bits per heavy atom. The first-order valence-electron chi connectivity index (χ1n) is 4.10. The fourth-order valence-electron chi connectivity index (χ4n) is 0.844. The van der Waals surface area contributed by atoms with Gasteiger partial charge < -0.3 is 10.1 Å². The van der Waals surface area contributed by atoms with E-state index in [1.54, 1.807) is 6.07 Å². The minimum absolute atomic E-state index is 0.159. The summed E-state index contributed by atoms with van der Waals surface area (Å²) in [6, 6.07) is 2.97. The van der Waals surface area contributed by atoms with Gasteiger partial charge in [-0.25, -0.2) is 0 Å². The molecule has 0 saturated carbocycles. The van der Waals surface area contributed by atoms with E-state index in [1.807, 2.05) is 0 Å². The molecule has 0 aliphatic carbocycles. The predicted octanol–water partition coefficient (Wildman–Crippen LogP) is 0.638. The van der Waals surface area contributed by atoms with Gasteiger partial charge >= 0.3 is 5.97 Å². The summed E-state index contributed by atoms with van der Waals surface area (Å²) in [7, 11) is 1.24. The maximum absolute atomic E-state index is 11.4. The molecular formula is C9H9ClN2O3. The van der Waals surface area contributed by atoms with Crippen molar-refractivity contribution in [1.29, 1.82) is 0 Å². The lowest BCUT2D eigenvalue weighted by Gasteiger charge is -2.02. The van der Waals surface area contributed by atoms with Gasteiger partial charge in [0.15, 0.2) is 0 Å². The summed E-state index contributed by atoms with van der Waals surface area (Å²) < 4.78 is 4.36. The quantitative estimate of drug-likeness (QED) is 0.771. The van der Waals surface area contributed by atoms with E-state index < -0.39 is 11.9 Å². The Kier molecular flexibility index (Phi) is 4.05. The Bertz CT molecular complexity index is 381. The molecule has 0 aliphatic rings. The minimum Gasteiger partial charge on any atom is -0.468 e. The van der Waals surface area contributed by atoms with Crippen molar-refractivity contribution >= 4 is 23.5 Å². The Morgan fingerprint density at radius 3 is 2.93 bits per heavy atom. The molecule has 80 valence electrons. The molecule has 0 aromatic carbocycles. The van der Waals surface area contributed by atoms with Crippen LogP contribution in [0.1, 0.15) is 10.5 Å². The third-order valence-electron chi connectivity index (χ3n) is 1.58. The summed E-state index contributed by atoms with van der Waals surface area (Å²) in [4.78, 5) is 25.9. The van der Waals surface area contributed by atoms with Gasteiger partial charge in [0.1, 0.15) is 12.2 Å². The molecule has 1 amide bonds. The topological polar surface area (TPSA) is 68.3 Å². The van der Waals surface area contributed by atoms with Gasteiger partial charge in [0.25, 0.3) is 5.91 Å². The smallest absolute Gasteiger partial charge is 0.325 e. The Hall–Kier alpha value is -1.62. The largest absolute Gasteiger partial charge is 0.468 e. The second-order valence-corrected chi connectivity index (χ2v) is 3.05. The van der Waals surface area contributed by atoms with Gasteiger partial charge in [0.2, 0.25) is 0 Å². The van der Waals surface area contributed by atoms with Crippen LogP contribution in [0.2, 0.25) is 5.02 Å². The number of ether oxygens (including phenoxy) is 1. The number of hydrogen-bond acceptors (Lipinski definition) is 4. The van der Waals surface area contributed by atoms with Gasteiger partial charge in [0, 0.05) is 11.2 Å². The van der Waals surface area contributed by atoms with E-state index in [2.05, 4.69) is 15.0 Å². The lowest BCUT2D eigenvalue weighted by atomic mass is 10.3. The summed E-state index contributed by atoms with van der Waals surface area (Å²) in [6.45, 7) is -0.191. The van der Waals surface area contributed by atoms with Crippen molar-refractivity contribution in [2.24, 2.45) is 0 Å². The van der Waals surface area contributed by atoms with Crippen molar-refractivity contribution in [3.63, 3.8) is 0 Å². The van der Waals surface area contributed by atoms with Crippen LogP contribution in [-0.4, -0.2) is 30.5 Å². The monoisotopic (exact) mass is 228 g/mol. The number of carbonyl (C=O) groups is 2. The van der Waals surface area contributed by atoms with Crippen LogP contribution in [-0.2, 0) is 9.53 Å². The molecule has 0 unspecified atom stereocenters. The van der Waals surface area contributed by atoms with Crippen LogP contribution in [0.15, 0.2) is 18.3 Å². The fourth-order valence-corrected chi connectivity index (χ4v) is 1.00. The van der Waals surface area contributed by atoms with Gasteiger partial charge in [-0.2, -0.15) is 0 Å². The molecule has 6 heteroatoms. The highest BCUT2D eigenvalue weighted by molar-refractivity contribution is 6.30. The van der Waals surface area contributed by atoms with Crippen LogP contribution >= 0.6 is 11.6 Å². The summed E-state index contributed by atoms with van der Waals surface area (Å²) in [5.74, 6) is -0.992. The van der Waals surface area contributed by atoms with Crippen LogP contribution < -0.4 is 5.32 Å². The average Bonchev–Trinajstić information content (AvgIpc) is 2.25. The Morgan fingerprint density at radius 1 is 1.60 bits per heavy atom.